The third-order valence-electron chi connectivity index (χ3n) is 5.07. The number of hydrogen-bond acceptors (Lipinski definition) is 5. The second kappa shape index (κ2) is 12.0. The Kier molecular flexibility index (Phi) is 8.79. The van der Waals surface area contributed by atoms with E-state index in [0.717, 1.165) is 0 Å². The molecule has 3 aromatic rings. The van der Waals surface area contributed by atoms with Gasteiger partial charge in [-0.25, -0.2) is 0 Å². The number of methoxy groups -OCH3 is 1. The summed E-state index contributed by atoms with van der Waals surface area (Å²) in [4.78, 5) is 39.9. The van der Waals surface area contributed by atoms with Gasteiger partial charge >= 0.3 is 0 Å². The van der Waals surface area contributed by atoms with E-state index >= 15 is 0 Å². The molecule has 0 atom stereocenters. The van der Waals surface area contributed by atoms with E-state index in [1.54, 1.807) is 72.7 Å². The molecule has 0 aliphatic heterocycles. The largest absolute Gasteiger partial charge is 0.497 e. The van der Waals surface area contributed by atoms with E-state index < -0.39 is 0 Å². The smallest absolute Gasteiger partial charge is 0.238 e. The monoisotopic (exact) mass is 479 g/mol. The number of ether oxygens (including phenoxy) is 1. The van der Waals surface area contributed by atoms with Gasteiger partial charge in [0, 0.05) is 27.9 Å². The van der Waals surface area contributed by atoms with Gasteiger partial charge in [-0.05, 0) is 36.9 Å². The molecular weight excluding hydrogens is 454 g/mol. The highest BCUT2D eigenvalue weighted by atomic mass is 35.5. The van der Waals surface area contributed by atoms with Crippen molar-refractivity contribution < 1.29 is 19.1 Å². The Morgan fingerprint density at radius 2 is 1.59 bits per heavy atom. The maximum Gasteiger partial charge on any atom is 0.238 e. The maximum atomic E-state index is 13.0. The van der Waals surface area contributed by atoms with Gasteiger partial charge in [0.25, 0.3) is 0 Å². The molecule has 176 valence electrons. The number of halogens is 1. The quantitative estimate of drug-likeness (QED) is 0.419. The zero-order valence-corrected chi connectivity index (χ0v) is 19.8. The summed E-state index contributed by atoms with van der Waals surface area (Å²) in [5.74, 6) is -0.216. The van der Waals surface area contributed by atoms with Gasteiger partial charge in [-0.15, -0.1) is 0 Å². The van der Waals surface area contributed by atoms with E-state index in [9.17, 15) is 14.4 Å². The summed E-state index contributed by atoms with van der Waals surface area (Å²) in [6.07, 6.45) is 0. The van der Waals surface area contributed by atoms with Gasteiger partial charge in [-0.2, -0.15) is 0 Å². The lowest BCUT2D eigenvalue weighted by atomic mass is 10.0. The lowest BCUT2D eigenvalue weighted by Crippen LogP contribution is -2.38. The Bertz CT molecular complexity index is 1170. The summed E-state index contributed by atoms with van der Waals surface area (Å²) in [5, 5.41) is 5.97. The van der Waals surface area contributed by atoms with E-state index in [4.69, 9.17) is 16.3 Å². The molecule has 0 heterocycles. The number of carbonyl (C=O) groups excluding carboxylic acids is 3. The molecule has 0 unspecified atom stereocenters. The van der Waals surface area contributed by atoms with Crippen molar-refractivity contribution in [2.45, 2.75) is 6.92 Å². The van der Waals surface area contributed by atoms with Gasteiger partial charge in [-0.3, -0.25) is 19.3 Å². The Labute approximate surface area is 203 Å². The number of nitrogens with zero attached hydrogens (tertiary/aromatic N) is 1. The Morgan fingerprint density at radius 3 is 2.26 bits per heavy atom. The summed E-state index contributed by atoms with van der Waals surface area (Å²) >= 11 is 6.11. The van der Waals surface area contributed by atoms with E-state index in [1.807, 2.05) is 13.0 Å². The zero-order valence-electron chi connectivity index (χ0n) is 19.0. The second-order valence-electron chi connectivity index (χ2n) is 7.52. The van der Waals surface area contributed by atoms with Crippen LogP contribution < -0.4 is 15.4 Å². The van der Waals surface area contributed by atoms with Gasteiger partial charge in [0.15, 0.2) is 5.78 Å². The van der Waals surface area contributed by atoms with Crippen LogP contribution in [0.4, 0.5) is 11.4 Å². The SMILES string of the molecule is CCN(CC(=O)Nc1cccc(OC)c1)CC(=O)Nc1ccc(Cl)cc1C(=O)c1ccccc1. The van der Waals surface area contributed by atoms with Gasteiger partial charge in [0.1, 0.15) is 5.75 Å². The van der Waals surface area contributed by atoms with Crippen molar-refractivity contribution in [1.82, 2.24) is 4.90 Å². The van der Waals surface area contributed by atoms with Crippen LogP contribution in [0.25, 0.3) is 0 Å². The molecule has 0 bridgehead atoms. The molecule has 3 aromatic carbocycles. The number of ketones is 1. The summed E-state index contributed by atoms with van der Waals surface area (Å²) in [6, 6.07) is 20.5. The minimum Gasteiger partial charge on any atom is -0.497 e. The average molecular weight is 480 g/mol. The fourth-order valence-corrected chi connectivity index (χ4v) is 3.51. The van der Waals surface area contributed by atoms with Crippen molar-refractivity contribution >= 4 is 40.6 Å². The Morgan fingerprint density at radius 1 is 0.882 bits per heavy atom. The summed E-state index contributed by atoms with van der Waals surface area (Å²) < 4.78 is 5.16. The molecule has 0 aliphatic carbocycles. The van der Waals surface area contributed by atoms with Gasteiger partial charge in [-0.1, -0.05) is 54.9 Å². The topological polar surface area (TPSA) is 87.7 Å². The van der Waals surface area contributed by atoms with Crippen molar-refractivity contribution in [3.63, 3.8) is 0 Å². The first-order valence-corrected chi connectivity index (χ1v) is 11.1. The van der Waals surface area contributed by atoms with Crippen molar-refractivity contribution in [3.05, 3.63) is 88.9 Å². The fraction of sp³-hybridized carbons (Fsp3) is 0.192. The molecule has 34 heavy (non-hydrogen) atoms. The van der Waals surface area contributed by atoms with Crippen molar-refractivity contribution in [2.24, 2.45) is 0 Å². The molecule has 0 aromatic heterocycles. The maximum absolute atomic E-state index is 13.0. The third-order valence-corrected chi connectivity index (χ3v) is 5.31. The van der Waals surface area contributed by atoms with Crippen molar-refractivity contribution in [2.75, 3.05) is 37.4 Å². The van der Waals surface area contributed by atoms with Gasteiger partial charge in [0.05, 0.1) is 25.9 Å². The number of hydrogen-bond donors (Lipinski definition) is 2. The number of anilines is 2. The highest BCUT2D eigenvalue weighted by Gasteiger charge is 2.18. The van der Waals surface area contributed by atoms with Crippen molar-refractivity contribution in [1.29, 1.82) is 0 Å². The molecule has 8 heteroatoms. The van der Waals surface area contributed by atoms with Crippen LogP contribution in [0, 0.1) is 0 Å². The molecule has 2 N–H and O–H groups in total. The molecule has 3 rings (SSSR count). The van der Waals surface area contributed by atoms with Crippen LogP contribution in [-0.2, 0) is 9.59 Å². The van der Waals surface area contributed by atoms with Crippen LogP contribution in [0.2, 0.25) is 5.02 Å². The highest BCUT2D eigenvalue weighted by molar-refractivity contribution is 6.31. The number of amides is 2. The number of nitrogens with one attached hydrogen (secondary N) is 2. The van der Waals surface area contributed by atoms with Crippen LogP contribution in [0.3, 0.4) is 0 Å². The number of rotatable bonds is 10. The molecule has 0 radical (unpaired) electrons. The molecule has 0 aliphatic rings. The van der Waals surface area contributed by atoms with Crippen molar-refractivity contribution in [3.8, 4) is 5.75 Å². The molecule has 0 fully saturated rings. The molecular formula is C26H26ClN3O4. The second-order valence-corrected chi connectivity index (χ2v) is 7.95. The molecule has 0 spiro atoms. The van der Waals surface area contributed by atoms with Crippen LogP contribution in [0.1, 0.15) is 22.8 Å². The fourth-order valence-electron chi connectivity index (χ4n) is 3.34. The standard InChI is InChI=1S/C26H26ClN3O4/c1-3-30(16-24(31)28-20-10-7-11-21(15-20)34-2)17-25(32)29-23-13-12-19(27)14-22(23)26(33)18-8-5-4-6-9-18/h4-15H,3,16-17H2,1-2H3,(H,28,31)(H,29,32). The average Bonchev–Trinajstić information content (AvgIpc) is 2.84. The predicted octanol–water partition coefficient (Wildman–Crippen LogP) is 4.48. The van der Waals surface area contributed by atoms with Gasteiger partial charge < -0.3 is 15.4 Å². The first-order valence-electron chi connectivity index (χ1n) is 10.7. The van der Waals surface area contributed by atoms with Crippen LogP contribution >= 0.6 is 11.6 Å². The molecule has 2 amide bonds. The molecule has 0 saturated heterocycles. The summed E-state index contributed by atoms with van der Waals surface area (Å²) in [5.41, 5.74) is 1.76. The Balaban J connectivity index is 1.65. The minimum absolute atomic E-state index is 0.0242. The Hall–Kier alpha value is -3.68. The van der Waals surface area contributed by atoms with E-state index in [2.05, 4.69) is 10.6 Å². The number of carbonyl (C=O) groups is 3. The lowest BCUT2D eigenvalue weighted by molar-refractivity contribution is -0.119. The van der Waals surface area contributed by atoms with Gasteiger partial charge in [0.2, 0.25) is 11.8 Å². The van der Waals surface area contributed by atoms with E-state index in [0.29, 0.717) is 39.8 Å². The first kappa shape index (κ1) is 25.0. The lowest BCUT2D eigenvalue weighted by Gasteiger charge is -2.20. The van der Waals surface area contributed by atoms with Crippen LogP contribution in [0.5, 0.6) is 5.75 Å². The predicted molar refractivity (Wildman–Crippen MR) is 134 cm³/mol. The summed E-state index contributed by atoms with van der Waals surface area (Å²) in [7, 11) is 1.55. The number of benzene rings is 3. The summed E-state index contributed by atoms with van der Waals surface area (Å²) in [6.45, 7) is 2.34. The third kappa shape index (κ3) is 6.91. The first-order chi connectivity index (χ1) is 16.4. The zero-order chi connectivity index (χ0) is 24.5. The van der Waals surface area contributed by atoms with Crippen LogP contribution in [0.15, 0.2) is 72.8 Å². The minimum atomic E-state index is -0.347. The highest BCUT2D eigenvalue weighted by Crippen LogP contribution is 2.24. The van der Waals surface area contributed by atoms with E-state index in [1.165, 1.54) is 6.07 Å². The van der Waals surface area contributed by atoms with Crippen LogP contribution in [-0.4, -0.2) is 49.2 Å². The normalized spacial score (nSPS) is 10.6. The number of likely N-dealkylation sites (N-methyl/N-ethyl adjacent to an activating group) is 1. The molecule has 7 nitrogen and oxygen atoms in total. The van der Waals surface area contributed by atoms with E-state index in [-0.39, 0.29) is 30.7 Å². The molecule has 0 saturated carbocycles.